The lowest BCUT2D eigenvalue weighted by Crippen LogP contribution is -2.30. The van der Waals surface area contributed by atoms with Gasteiger partial charge in [-0.2, -0.15) is 0 Å². The first kappa shape index (κ1) is 12.1. The molecule has 0 aliphatic carbocycles. The number of hydrogen-bond acceptors (Lipinski definition) is 3. The first-order chi connectivity index (χ1) is 5.74. The Kier molecular flexibility index (Phi) is 7.79. The molecule has 0 heterocycles. The van der Waals surface area contributed by atoms with E-state index < -0.39 is 9.53 Å². The highest BCUT2D eigenvalue weighted by Gasteiger charge is 2.19. The lowest BCUT2D eigenvalue weighted by atomic mass is 10.3. The van der Waals surface area contributed by atoms with Crippen LogP contribution in [0, 0.1) is 0 Å². The predicted molar refractivity (Wildman–Crippen MR) is 49.8 cm³/mol. The van der Waals surface area contributed by atoms with E-state index in [1.807, 2.05) is 20.8 Å². The monoisotopic (exact) mass is 191 g/mol. The Morgan fingerprint density at radius 2 is 1.58 bits per heavy atom. The zero-order valence-corrected chi connectivity index (χ0v) is 9.42. The topological polar surface area (TPSA) is 27.7 Å². The zero-order chi connectivity index (χ0) is 9.40. The van der Waals surface area contributed by atoms with Gasteiger partial charge in [0.25, 0.3) is 0 Å². The Balaban J connectivity index is 3.61. The van der Waals surface area contributed by atoms with Crippen LogP contribution in [-0.2, 0) is 13.3 Å². The van der Waals surface area contributed by atoms with Gasteiger partial charge in [-0.1, -0.05) is 6.92 Å². The lowest BCUT2D eigenvalue weighted by molar-refractivity contribution is 0.0689. The first-order valence-corrected chi connectivity index (χ1v) is 5.76. The fourth-order valence-corrected chi connectivity index (χ4v) is 1.78. The van der Waals surface area contributed by atoms with Crippen LogP contribution in [0.4, 0.5) is 0 Å². The maximum Gasteiger partial charge on any atom is 0.577 e. The molecule has 0 rings (SSSR count). The summed E-state index contributed by atoms with van der Waals surface area (Å²) in [5.74, 6) is 0. The van der Waals surface area contributed by atoms with Crippen molar-refractivity contribution in [2.45, 2.75) is 40.2 Å². The third kappa shape index (κ3) is 5.71. The largest absolute Gasteiger partial charge is 0.577 e. The van der Waals surface area contributed by atoms with Gasteiger partial charge in [0.05, 0.1) is 0 Å². The normalized spacial score (nSPS) is 13.8. The molecule has 0 saturated heterocycles. The van der Waals surface area contributed by atoms with Crippen molar-refractivity contribution >= 4 is 9.53 Å². The molecule has 0 fully saturated rings. The fraction of sp³-hybridized carbons (Fsp3) is 1.00. The SMILES string of the molecule is CCO[Si](OCC)OC(C)CC. The second-order valence-corrected chi connectivity index (χ2v) is 3.77. The maximum atomic E-state index is 5.54. The molecule has 0 aromatic carbocycles. The molecule has 1 atom stereocenters. The Bertz CT molecular complexity index is 94.3. The van der Waals surface area contributed by atoms with Crippen LogP contribution in [-0.4, -0.2) is 28.8 Å². The summed E-state index contributed by atoms with van der Waals surface area (Å²) in [4.78, 5) is 0. The standard InChI is InChI=1S/C8H19O3Si/c1-5-8(4)11-12(9-6-2)10-7-3/h8H,5-7H2,1-4H3. The Labute approximate surface area is 77.0 Å². The van der Waals surface area contributed by atoms with Crippen molar-refractivity contribution < 1.29 is 13.3 Å². The highest BCUT2D eigenvalue weighted by atomic mass is 28.3. The molecule has 0 amide bonds. The molecule has 0 aliphatic heterocycles. The van der Waals surface area contributed by atoms with Gasteiger partial charge >= 0.3 is 9.53 Å². The van der Waals surface area contributed by atoms with Gasteiger partial charge < -0.3 is 13.3 Å². The van der Waals surface area contributed by atoms with E-state index in [1.54, 1.807) is 0 Å². The minimum Gasteiger partial charge on any atom is -0.371 e. The average molecular weight is 191 g/mol. The van der Waals surface area contributed by atoms with Crippen LogP contribution >= 0.6 is 0 Å². The van der Waals surface area contributed by atoms with Gasteiger partial charge in [-0.3, -0.25) is 0 Å². The van der Waals surface area contributed by atoms with Crippen molar-refractivity contribution in [3.05, 3.63) is 0 Å². The molecule has 0 saturated carbocycles. The Hall–Kier alpha value is 0.0969. The fourth-order valence-electron chi connectivity index (χ4n) is 0.593. The smallest absolute Gasteiger partial charge is 0.371 e. The summed E-state index contributed by atoms with van der Waals surface area (Å²) in [6.45, 7) is 9.33. The summed E-state index contributed by atoms with van der Waals surface area (Å²) in [7, 11) is -1.46. The minimum atomic E-state index is -1.46. The molecule has 0 aromatic heterocycles. The second-order valence-electron chi connectivity index (χ2n) is 2.45. The van der Waals surface area contributed by atoms with Crippen LogP contribution in [0.1, 0.15) is 34.1 Å². The zero-order valence-electron chi connectivity index (χ0n) is 8.42. The Morgan fingerprint density at radius 1 is 1.08 bits per heavy atom. The van der Waals surface area contributed by atoms with Crippen molar-refractivity contribution in [2.75, 3.05) is 13.2 Å². The van der Waals surface area contributed by atoms with Gasteiger partial charge in [0.1, 0.15) is 0 Å². The van der Waals surface area contributed by atoms with Gasteiger partial charge in [-0.05, 0) is 27.2 Å². The van der Waals surface area contributed by atoms with E-state index in [-0.39, 0.29) is 6.10 Å². The summed E-state index contributed by atoms with van der Waals surface area (Å²) in [5, 5.41) is 0. The molecule has 0 aromatic rings. The van der Waals surface area contributed by atoms with Crippen molar-refractivity contribution in [3.63, 3.8) is 0 Å². The maximum absolute atomic E-state index is 5.54. The third-order valence-electron chi connectivity index (χ3n) is 1.40. The lowest BCUT2D eigenvalue weighted by Gasteiger charge is -2.16. The minimum absolute atomic E-state index is 0.233. The van der Waals surface area contributed by atoms with Crippen LogP contribution in [0.15, 0.2) is 0 Å². The van der Waals surface area contributed by atoms with E-state index in [0.717, 1.165) is 6.42 Å². The molecule has 3 nitrogen and oxygen atoms in total. The summed E-state index contributed by atoms with van der Waals surface area (Å²) in [5.41, 5.74) is 0. The van der Waals surface area contributed by atoms with Gasteiger partial charge in [0.15, 0.2) is 0 Å². The van der Waals surface area contributed by atoms with E-state index in [9.17, 15) is 0 Å². The van der Waals surface area contributed by atoms with Gasteiger partial charge in [0, 0.05) is 19.3 Å². The highest BCUT2D eigenvalue weighted by molar-refractivity contribution is 6.36. The summed E-state index contributed by atoms with van der Waals surface area (Å²) < 4.78 is 16.2. The molecule has 0 aliphatic rings. The first-order valence-electron chi connectivity index (χ1n) is 4.53. The number of rotatable bonds is 7. The molecular weight excluding hydrogens is 172 g/mol. The molecular formula is C8H19O3Si. The van der Waals surface area contributed by atoms with Gasteiger partial charge in [-0.15, -0.1) is 0 Å². The van der Waals surface area contributed by atoms with Crippen LogP contribution in [0.2, 0.25) is 0 Å². The molecule has 73 valence electrons. The summed E-state index contributed by atoms with van der Waals surface area (Å²) in [6.07, 6.45) is 1.23. The quantitative estimate of drug-likeness (QED) is 0.575. The van der Waals surface area contributed by atoms with E-state index in [0.29, 0.717) is 13.2 Å². The van der Waals surface area contributed by atoms with Crippen LogP contribution in [0.5, 0.6) is 0 Å². The average Bonchev–Trinajstić information content (AvgIpc) is 2.05. The molecule has 0 spiro atoms. The molecule has 0 N–H and O–H groups in total. The van der Waals surface area contributed by atoms with Crippen LogP contribution in [0.25, 0.3) is 0 Å². The third-order valence-corrected chi connectivity index (χ3v) is 3.04. The molecule has 4 heteroatoms. The van der Waals surface area contributed by atoms with Crippen molar-refractivity contribution in [3.8, 4) is 0 Å². The molecule has 1 radical (unpaired) electrons. The highest BCUT2D eigenvalue weighted by Crippen LogP contribution is 2.01. The number of hydrogen-bond donors (Lipinski definition) is 0. The van der Waals surface area contributed by atoms with Crippen LogP contribution < -0.4 is 0 Å². The Morgan fingerprint density at radius 3 is 1.92 bits per heavy atom. The predicted octanol–water partition coefficient (Wildman–Crippen LogP) is 1.86. The van der Waals surface area contributed by atoms with Crippen LogP contribution in [0.3, 0.4) is 0 Å². The van der Waals surface area contributed by atoms with E-state index in [1.165, 1.54) is 0 Å². The van der Waals surface area contributed by atoms with E-state index in [4.69, 9.17) is 13.3 Å². The van der Waals surface area contributed by atoms with Crippen molar-refractivity contribution in [2.24, 2.45) is 0 Å². The molecule has 0 bridgehead atoms. The molecule has 1 unspecified atom stereocenters. The molecule has 12 heavy (non-hydrogen) atoms. The van der Waals surface area contributed by atoms with Crippen molar-refractivity contribution in [1.82, 2.24) is 0 Å². The van der Waals surface area contributed by atoms with Gasteiger partial charge in [-0.25, -0.2) is 0 Å². The summed E-state index contributed by atoms with van der Waals surface area (Å²) in [6, 6.07) is 0. The van der Waals surface area contributed by atoms with E-state index >= 15 is 0 Å². The van der Waals surface area contributed by atoms with Gasteiger partial charge in [0.2, 0.25) is 0 Å². The van der Waals surface area contributed by atoms with Crippen molar-refractivity contribution in [1.29, 1.82) is 0 Å². The summed E-state index contributed by atoms with van der Waals surface area (Å²) >= 11 is 0. The van der Waals surface area contributed by atoms with E-state index in [2.05, 4.69) is 6.92 Å². The second kappa shape index (κ2) is 7.73.